The first kappa shape index (κ1) is 15.2. The molecule has 2 aliphatic heterocycles. The highest BCUT2D eigenvalue weighted by Gasteiger charge is 2.27. The van der Waals surface area contributed by atoms with Crippen LogP contribution in [-0.2, 0) is 11.2 Å². The van der Waals surface area contributed by atoms with E-state index in [0.717, 1.165) is 44.7 Å². The number of carbonyl (C=O) groups excluding carboxylic acids is 1. The Kier molecular flexibility index (Phi) is 4.83. The van der Waals surface area contributed by atoms with Crippen molar-refractivity contribution in [1.29, 1.82) is 0 Å². The van der Waals surface area contributed by atoms with E-state index in [9.17, 15) is 4.79 Å². The van der Waals surface area contributed by atoms with Gasteiger partial charge in [0.25, 0.3) is 0 Å². The lowest BCUT2D eigenvalue weighted by atomic mass is 9.99. The van der Waals surface area contributed by atoms with Gasteiger partial charge < -0.3 is 19.7 Å². The Morgan fingerprint density at radius 1 is 1.32 bits per heavy atom. The van der Waals surface area contributed by atoms with Gasteiger partial charge in [0.1, 0.15) is 12.4 Å². The number of likely N-dealkylation sites (tertiary alicyclic amines) is 1. The number of para-hydroxylation sites is 1. The molecule has 22 heavy (non-hydrogen) atoms. The van der Waals surface area contributed by atoms with Crippen LogP contribution in [0.1, 0.15) is 25.3 Å². The molecule has 1 saturated heterocycles. The van der Waals surface area contributed by atoms with Gasteiger partial charge in [-0.05, 0) is 37.8 Å². The summed E-state index contributed by atoms with van der Waals surface area (Å²) in [7, 11) is 0. The quantitative estimate of drug-likeness (QED) is 0.930. The fraction of sp³-hybridized carbons (Fsp3) is 0.588. The second kappa shape index (κ2) is 7.01. The van der Waals surface area contributed by atoms with Crippen LogP contribution in [0.25, 0.3) is 0 Å². The first-order valence-electron chi connectivity index (χ1n) is 8.14. The van der Waals surface area contributed by atoms with Crippen molar-refractivity contribution in [3.63, 3.8) is 0 Å². The average molecular weight is 304 g/mol. The van der Waals surface area contributed by atoms with Gasteiger partial charge in [0.15, 0.2) is 0 Å². The molecule has 2 aliphatic rings. The van der Waals surface area contributed by atoms with Crippen molar-refractivity contribution in [3.05, 3.63) is 29.8 Å². The van der Waals surface area contributed by atoms with Gasteiger partial charge in [-0.15, -0.1) is 0 Å². The highest BCUT2D eigenvalue weighted by atomic mass is 16.6. The Labute approximate surface area is 131 Å². The van der Waals surface area contributed by atoms with Gasteiger partial charge in [0.05, 0.1) is 6.61 Å². The Morgan fingerprint density at radius 3 is 2.86 bits per heavy atom. The summed E-state index contributed by atoms with van der Waals surface area (Å²) in [6.45, 7) is 4.53. The van der Waals surface area contributed by atoms with Crippen molar-refractivity contribution >= 4 is 6.09 Å². The van der Waals surface area contributed by atoms with E-state index in [4.69, 9.17) is 9.47 Å². The summed E-state index contributed by atoms with van der Waals surface area (Å²) in [6, 6.07) is 9.04. The van der Waals surface area contributed by atoms with Crippen LogP contribution < -0.4 is 10.1 Å². The van der Waals surface area contributed by atoms with Crippen LogP contribution in [-0.4, -0.2) is 49.4 Å². The van der Waals surface area contributed by atoms with Gasteiger partial charge in [-0.1, -0.05) is 18.2 Å². The predicted octanol–water partition coefficient (Wildman–Crippen LogP) is 2.20. The monoisotopic (exact) mass is 304 g/mol. The molecule has 1 amide bonds. The second-order valence-electron chi connectivity index (χ2n) is 5.95. The largest absolute Gasteiger partial charge is 0.492 e. The predicted molar refractivity (Wildman–Crippen MR) is 84.2 cm³/mol. The highest BCUT2D eigenvalue weighted by molar-refractivity contribution is 5.67. The third kappa shape index (κ3) is 3.53. The summed E-state index contributed by atoms with van der Waals surface area (Å²) >= 11 is 0. The van der Waals surface area contributed by atoms with Crippen molar-refractivity contribution in [1.82, 2.24) is 10.2 Å². The molecule has 1 fully saturated rings. The number of hydrogen-bond donors (Lipinski definition) is 1. The number of ether oxygens (including phenoxy) is 2. The van der Waals surface area contributed by atoms with Crippen LogP contribution >= 0.6 is 0 Å². The fourth-order valence-electron chi connectivity index (χ4n) is 3.21. The van der Waals surface area contributed by atoms with E-state index in [1.165, 1.54) is 5.56 Å². The number of piperidine rings is 1. The molecule has 5 heteroatoms. The molecule has 120 valence electrons. The number of nitrogens with zero attached hydrogens (tertiary/aromatic N) is 1. The molecule has 1 N–H and O–H groups in total. The minimum absolute atomic E-state index is 0.184. The molecule has 3 rings (SSSR count). The van der Waals surface area contributed by atoms with E-state index < -0.39 is 0 Å². The average Bonchev–Trinajstić information content (AvgIpc) is 2.56. The van der Waals surface area contributed by atoms with E-state index in [0.29, 0.717) is 18.7 Å². The van der Waals surface area contributed by atoms with Crippen LogP contribution in [0.5, 0.6) is 5.75 Å². The summed E-state index contributed by atoms with van der Waals surface area (Å²) in [6.07, 6.45) is 2.76. The number of amides is 1. The smallest absolute Gasteiger partial charge is 0.409 e. The highest BCUT2D eigenvalue weighted by Crippen LogP contribution is 2.24. The van der Waals surface area contributed by atoms with E-state index in [-0.39, 0.29) is 6.09 Å². The Hall–Kier alpha value is -1.75. The SMILES string of the molecule is CCOC(=O)N1CCC(N[C@@H]2COc3ccccc3C2)CC1. The topological polar surface area (TPSA) is 50.8 Å². The van der Waals surface area contributed by atoms with E-state index in [1.807, 2.05) is 19.1 Å². The van der Waals surface area contributed by atoms with Gasteiger partial charge in [0.2, 0.25) is 0 Å². The summed E-state index contributed by atoms with van der Waals surface area (Å²) < 4.78 is 10.9. The number of nitrogens with one attached hydrogen (secondary N) is 1. The zero-order valence-electron chi connectivity index (χ0n) is 13.1. The lowest BCUT2D eigenvalue weighted by molar-refractivity contribution is 0.0928. The summed E-state index contributed by atoms with van der Waals surface area (Å²) in [5.41, 5.74) is 1.27. The van der Waals surface area contributed by atoms with Gasteiger partial charge in [0, 0.05) is 25.2 Å². The lowest BCUT2D eigenvalue weighted by Crippen LogP contribution is -2.50. The third-order valence-electron chi connectivity index (χ3n) is 4.37. The maximum Gasteiger partial charge on any atom is 0.409 e. The fourth-order valence-corrected chi connectivity index (χ4v) is 3.21. The molecule has 0 aromatic heterocycles. The first-order valence-corrected chi connectivity index (χ1v) is 8.14. The van der Waals surface area contributed by atoms with Crippen molar-refractivity contribution in [2.24, 2.45) is 0 Å². The molecule has 0 aliphatic carbocycles. The molecule has 0 spiro atoms. The molecule has 0 bridgehead atoms. The molecule has 0 unspecified atom stereocenters. The van der Waals surface area contributed by atoms with Crippen molar-refractivity contribution < 1.29 is 14.3 Å². The van der Waals surface area contributed by atoms with Crippen LogP contribution in [0.3, 0.4) is 0 Å². The van der Waals surface area contributed by atoms with Crippen LogP contribution in [0, 0.1) is 0 Å². The first-order chi connectivity index (χ1) is 10.8. The van der Waals surface area contributed by atoms with Crippen LogP contribution in [0.2, 0.25) is 0 Å². The molecular weight excluding hydrogens is 280 g/mol. The van der Waals surface area contributed by atoms with Gasteiger partial charge >= 0.3 is 6.09 Å². The van der Waals surface area contributed by atoms with Crippen molar-refractivity contribution in [2.45, 2.75) is 38.3 Å². The number of hydrogen-bond acceptors (Lipinski definition) is 4. The Balaban J connectivity index is 1.47. The maximum absolute atomic E-state index is 11.7. The number of rotatable bonds is 3. The molecule has 0 radical (unpaired) electrons. The molecule has 0 saturated carbocycles. The Bertz CT molecular complexity index is 512. The van der Waals surface area contributed by atoms with E-state index >= 15 is 0 Å². The van der Waals surface area contributed by atoms with Gasteiger partial charge in [-0.3, -0.25) is 0 Å². The van der Waals surface area contributed by atoms with Gasteiger partial charge in [-0.25, -0.2) is 4.79 Å². The minimum Gasteiger partial charge on any atom is -0.492 e. The number of fused-ring (bicyclic) bond motifs is 1. The van der Waals surface area contributed by atoms with Crippen molar-refractivity contribution in [3.8, 4) is 5.75 Å². The Morgan fingerprint density at radius 2 is 2.09 bits per heavy atom. The normalized spacial score (nSPS) is 21.9. The molecule has 5 nitrogen and oxygen atoms in total. The molecule has 2 heterocycles. The van der Waals surface area contributed by atoms with E-state index in [2.05, 4.69) is 17.4 Å². The zero-order chi connectivity index (χ0) is 15.4. The van der Waals surface area contributed by atoms with Crippen LogP contribution in [0.4, 0.5) is 4.79 Å². The lowest BCUT2D eigenvalue weighted by Gasteiger charge is -2.35. The molecule has 1 aromatic carbocycles. The van der Waals surface area contributed by atoms with Crippen LogP contribution in [0.15, 0.2) is 24.3 Å². The maximum atomic E-state index is 11.7. The molecule has 1 aromatic rings. The van der Waals surface area contributed by atoms with Gasteiger partial charge in [-0.2, -0.15) is 0 Å². The third-order valence-corrected chi connectivity index (χ3v) is 4.37. The standard InChI is InChI=1S/C17H24N2O3/c1-2-21-17(20)19-9-7-14(8-10-19)18-15-11-13-5-3-4-6-16(13)22-12-15/h3-6,14-15,18H,2,7-12H2,1H3/t15-/m0/s1. The number of carbonyl (C=O) groups is 1. The van der Waals surface area contributed by atoms with E-state index in [1.54, 1.807) is 4.90 Å². The second-order valence-corrected chi connectivity index (χ2v) is 5.95. The summed E-state index contributed by atoms with van der Waals surface area (Å²) in [5, 5.41) is 3.69. The summed E-state index contributed by atoms with van der Waals surface area (Å²) in [5.74, 6) is 1.01. The zero-order valence-corrected chi connectivity index (χ0v) is 13.1. The molecule has 1 atom stereocenters. The van der Waals surface area contributed by atoms with Crippen molar-refractivity contribution in [2.75, 3.05) is 26.3 Å². The summed E-state index contributed by atoms with van der Waals surface area (Å²) in [4.78, 5) is 13.5. The number of benzene rings is 1. The minimum atomic E-state index is -0.184. The molecular formula is C17H24N2O3.